The van der Waals surface area contributed by atoms with Crippen LogP contribution in [-0.4, -0.2) is 32.8 Å². The molecule has 0 spiro atoms. The Morgan fingerprint density at radius 1 is 1.31 bits per heavy atom. The Bertz CT molecular complexity index is 737. The molecule has 1 atom stereocenters. The highest BCUT2D eigenvalue weighted by Crippen LogP contribution is 2.23. The van der Waals surface area contributed by atoms with Gasteiger partial charge in [0, 0.05) is 5.70 Å². The third kappa shape index (κ3) is 7.01. The summed E-state index contributed by atoms with van der Waals surface area (Å²) in [5, 5.41) is 5.69. The first-order valence-corrected chi connectivity index (χ1v) is 8.27. The van der Waals surface area contributed by atoms with Crippen LogP contribution < -0.4 is 27.8 Å². The summed E-state index contributed by atoms with van der Waals surface area (Å²) in [5.41, 5.74) is 16.6. The van der Waals surface area contributed by atoms with Crippen molar-refractivity contribution in [1.82, 2.24) is 9.97 Å². The zero-order chi connectivity index (χ0) is 20.1. The number of nitrogens with one attached hydrogen (secondary N) is 2. The van der Waals surface area contributed by atoms with Crippen molar-refractivity contribution >= 4 is 40.7 Å². The smallest absolute Gasteiger partial charge is 0.271 e. The molecule has 1 heterocycles. The number of nitrogens with zero attached hydrogens (tertiary/aromatic N) is 2. The van der Waals surface area contributed by atoms with Crippen molar-refractivity contribution in [3.05, 3.63) is 23.7 Å². The van der Waals surface area contributed by atoms with E-state index in [1.165, 1.54) is 12.3 Å². The largest absolute Gasteiger partial charge is 0.402 e. The van der Waals surface area contributed by atoms with Gasteiger partial charge in [0.15, 0.2) is 11.5 Å². The van der Waals surface area contributed by atoms with Gasteiger partial charge in [-0.3, -0.25) is 9.59 Å². The summed E-state index contributed by atoms with van der Waals surface area (Å²) in [6.45, 7) is 7.62. The van der Waals surface area contributed by atoms with Crippen molar-refractivity contribution < 1.29 is 9.59 Å². The maximum absolute atomic E-state index is 11.7. The van der Waals surface area contributed by atoms with Gasteiger partial charge in [-0.25, -0.2) is 9.97 Å². The number of anilines is 2. The maximum atomic E-state index is 11.7. The van der Waals surface area contributed by atoms with Crippen LogP contribution in [0.1, 0.15) is 44.6 Å². The zero-order valence-corrected chi connectivity index (χ0v) is 16.1. The third-order valence-corrected chi connectivity index (χ3v) is 3.31. The lowest BCUT2D eigenvalue weighted by Crippen LogP contribution is -2.38. The molecule has 0 saturated carbocycles. The predicted octanol–water partition coefficient (Wildman–Crippen LogP) is 0.879. The second-order valence-electron chi connectivity index (χ2n) is 7.06. The van der Waals surface area contributed by atoms with E-state index in [-0.39, 0.29) is 27.7 Å². The van der Waals surface area contributed by atoms with Gasteiger partial charge in [-0.15, -0.1) is 0 Å². The average Bonchev–Trinajstić information content (AvgIpc) is 2.43. The molecule has 8 N–H and O–H groups in total. The van der Waals surface area contributed by atoms with Crippen LogP contribution in [-0.2, 0) is 4.79 Å². The second kappa shape index (κ2) is 8.56. The number of allylic oxidation sites excluding steroid dienone is 1. The molecule has 1 aromatic heterocycles. The van der Waals surface area contributed by atoms with E-state index in [2.05, 4.69) is 20.6 Å². The van der Waals surface area contributed by atoms with Gasteiger partial charge in [0.25, 0.3) is 5.91 Å². The van der Waals surface area contributed by atoms with E-state index in [4.69, 9.17) is 29.4 Å². The van der Waals surface area contributed by atoms with E-state index in [0.29, 0.717) is 12.1 Å². The topological polar surface area (TPSA) is 162 Å². The fourth-order valence-electron chi connectivity index (χ4n) is 2.10. The SMILES string of the molecule is C/C(N)=C/C(=S)Nc1nc(N[C@H](CC(C)(C)C)C(N)=O)cnc1C(N)=O. The lowest BCUT2D eigenvalue weighted by molar-refractivity contribution is -0.119. The standard InChI is InChI=1S/C16H25N7O2S/c1-8(17)5-11(26)23-15-12(14(19)25)20-7-10(22-15)21-9(13(18)24)6-16(2,3)4/h5,7,9H,6,17H2,1-4H3,(H2,18,24)(H2,19,25)(H2,21,22,23,26)/b8-5-/t9-/m1/s1. The molecule has 0 fully saturated rings. The van der Waals surface area contributed by atoms with Gasteiger partial charge < -0.3 is 27.8 Å². The molecule has 0 aliphatic rings. The molecule has 9 nitrogen and oxygen atoms in total. The van der Waals surface area contributed by atoms with Gasteiger partial charge in [-0.05, 0) is 24.8 Å². The van der Waals surface area contributed by atoms with Crippen LogP contribution in [0.15, 0.2) is 18.0 Å². The Labute approximate surface area is 157 Å². The third-order valence-electron chi connectivity index (χ3n) is 3.09. The van der Waals surface area contributed by atoms with Crippen LogP contribution in [0.2, 0.25) is 0 Å². The molecule has 0 unspecified atom stereocenters. The van der Waals surface area contributed by atoms with E-state index in [1.54, 1.807) is 6.92 Å². The summed E-state index contributed by atoms with van der Waals surface area (Å²) in [5.74, 6) is -0.984. The summed E-state index contributed by atoms with van der Waals surface area (Å²) in [6.07, 6.45) is 3.28. The van der Waals surface area contributed by atoms with E-state index in [0.717, 1.165) is 0 Å². The van der Waals surface area contributed by atoms with Crippen molar-refractivity contribution in [2.45, 2.75) is 40.2 Å². The molecule has 1 aromatic rings. The quantitative estimate of drug-likeness (QED) is 0.344. The Balaban J connectivity index is 3.15. The number of hydrogen-bond acceptors (Lipinski definition) is 7. The molecule has 0 bridgehead atoms. The highest BCUT2D eigenvalue weighted by atomic mass is 32.1. The Morgan fingerprint density at radius 2 is 1.92 bits per heavy atom. The van der Waals surface area contributed by atoms with E-state index >= 15 is 0 Å². The number of primary amides is 2. The van der Waals surface area contributed by atoms with Crippen molar-refractivity contribution in [2.24, 2.45) is 22.6 Å². The van der Waals surface area contributed by atoms with Crippen LogP contribution in [0.4, 0.5) is 11.6 Å². The molecular formula is C16H25N7O2S. The number of hydrogen-bond donors (Lipinski definition) is 5. The lowest BCUT2D eigenvalue weighted by Gasteiger charge is -2.25. The fourth-order valence-corrected chi connectivity index (χ4v) is 2.38. The minimum absolute atomic E-state index is 0.0592. The molecule has 26 heavy (non-hydrogen) atoms. The molecule has 0 radical (unpaired) electrons. The highest BCUT2D eigenvalue weighted by molar-refractivity contribution is 7.81. The van der Waals surface area contributed by atoms with Gasteiger partial charge >= 0.3 is 0 Å². The van der Waals surface area contributed by atoms with Crippen LogP contribution in [0.5, 0.6) is 0 Å². The molecule has 2 amide bonds. The van der Waals surface area contributed by atoms with Gasteiger partial charge in [-0.2, -0.15) is 0 Å². The van der Waals surface area contributed by atoms with Crippen LogP contribution in [0.3, 0.4) is 0 Å². The fraction of sp³-hybridized carbons (Fsp3) is 0.438. The number of aromatic nitrogens is 2. The number of rotatable bonds is 7. The summed E-state index contributed by atoms with van der Waals surface area (Å²) >= 11 is 5.12. The second-order valence-corrected chi connectivity index (χ2v) is 7.50. The number of thiocarbonyl (C=S) groups is 1. The van der Waals surface area contributed by atoms with E-state index < -0.39 is 17.9 Å². The normalized spacial score (nSPS) is 13.0. The van der Waals surface area contributed by atoms with Gasteiger partial charge in [-0.1, -0.05) is 33.0 Å². The van der Waals surface area contributed by atoms with Crippen LogP contribution in [0.25, 0.3) is 0 Å². The number of carbonyl (C=O) groups excluding carboxylic acids is 2. The summed E-state index contributed by atoms with van der Waals surface area (Å²) in [7, 11) is 0. The first-order valence-electron chi connectivity index (χ1n) is 7.86. The lowest BCUT2D eigenvalue weighted by atomic mass is 9.88. The Hall–Kier alpha value is -2.75. The van der Waals surface area contributed by atoms with Gasteiger partial charge in [0.05, 0.1) is 6.20 Å². The van der Waals surface area contributed by atoms with E-state index in [1.807, 2.05) is 20.8 Å². The zero-order valence-electron chi connectivity index (χ0n) is 15.3. The molecule has 0 aromatic carbocycles. The minimum atomic E-state index is -0.774. The van der Waals surface area contributed by atoms with Crippen LogP contribution >= 0.6 is 12.2 Å². The summed E-state index contributed by atoms with van der Waals surface area (Å²) in [6, 6.07) is -0.658. The maximum Gasteiger partial charge on any atom is 0.271 e. The molecule has 142 valence electrons. The predicted molar refractivity (Wildman–Crippen MR) is 105 cm³/mol. The monoisotopic (exact) mass is 379 g/mol. The number of amides is 2. The number of nitrogens with two attached hydrogens (primary N) is 3. The van der Waals surface area contributed by atoms with Crippen molar-refractivity contribution in [3.8, 4) is 0 Å². The van der Waals surface area contributed by atoms with Crippen molar-refractivity contribution in [3.63, 3.8) is 0 Å². The van der Waals surface area contributed by atoms with E-state index in [9.17, 15) is 9.59 Å². The highest BCUT2D eigenvalue weighted by Gasteiger charge is 2.24. The van der Waals surface area contributed by atoms with Gasteiger partial charge in [0.1, 0.15) is 16.8 Å². The molecule has 0 aliphatic heterocycles. The molecule has 0 saturated heterocycles. The average molecular weight is 379 g/mol. The summed E-state index contributed by atoms with van der Waals surface area (Å²) < 4.78 is 0. The van der Waals surface area contributed by atoms with Crippen LogP contribution in [0, 0.1) is 5.41 Å². The molecule has 1 rings (SSSR count). The van der Waals surface area contributed by atoms with Crippen molar-refractivity contribution in [2.75, 3.05) is 10.6 Å². The summed E-state index contributed by atoms with van der Waals surface area (Å²) in [4.78, 5) is 31.7. The van der Waals surface area contributed by atoms with Gasteiger partial charge in [0.2, 0.25) is 5.91 Å². The number of carbonyl (C=O) groups is 2. The first-order chi connectivity index (χ1) is 11.9. The Morgan fingerprint density at radius 3 is 2.38 bits per heavy atom. The molecular weight excluding hydrogens is 354 g/mol. The first kappa shape index (κ1) is 21.3. The minimum Gasteiger partial charge on any atom is -0.402 e. The molecule has 10 heteroatoms. The van der Waals surface area contributed by atoms with Crippen molar-refractivity contribution in [1.29, 1.82) is 0 Å². The molecule has 0 aliphatic carbocycles. The Kier molecular flexibility index (Phi) is 7.01.